The van der Waals surface area contributed by atoms with Crippen molar-refractivity contribution < 1.29 is 14.3 Å². The fourth-order valence-electron chi connectivity index (χ4n) is 5.07. The largest absolute Gasteiger partial charge is 0.444 e. The molecule has 0 spiro atoms. The molecule has 2 unspecified atom stereocenters. The van der Waals surface area contributed by atoms with Gasteiger partial charge >= 0.3 is 6.09 Å². The molecule has 1 aromatic heterocycles. The van der Waals surface area contributed by atoms with Crippen LogP contribution in [-0.4, -0.2) is 58.6 Å². The second-order valence-electron chi connectivity index (χ2n) is 10.5. The van der Waals surface area contributed by atoms with Crippen LogP contribution in [0.2, 0.25) is 0 Å². The number of carbonyl (C=O) groups excluding carboxylic acids is 2. The molecule has 0 radical (unpaired) electrons. The summed E-state index contributed by atoms with van der Waals surface area (Å²) >= 11 is 0. The van der Waals surface area contributed by atoms with Gasteiger partial charge in [0.25, 0.3) is 0 Å². The minimum Gasteiger partial charge on any atom is -0.444 e. The van der Waals surface area contributed by atoms with E-state index in [1.165, 1.54) is 5.56 Å². The van der Waals surface area contributed by atoms with Gasteiger partial charge in [-0.25, -0.2) is 4.79 Å². The van der Waals surface area contributed by atoms with Gasteiger partial charge in [0, 0.05) is 44.5 Å². The highest BCUT2D eigenvalue weighted by Crippen LogP contribution is 2.35. The number of ether oxygens (including phenoxy) is 1. The SMILES string of the molecule is CC1CC(c2ccncc2)CCN1C(=O)C1CCC(CN(C)C(=O)OC(C)(C)C)CC1. The number of amides is 2. The summed E-state index contributed by atoms with van der Waals surface area (Å²) < 4.78 is 5.45. The highest BCUT2D eigenvalue weighted by Gasteiger charge is 2.35. The zero-order valence-corrected chi connectivity index (χ0v) is 19.8. The molecule has 0 bridgehead atoms. The lowest BCUT2D eigenvalue weighted by molar-refractivity contribution is -0.140. The topological polar surface area (TPSA) is 62.7 Å². The molecule has 1 saturated carbocycles. The van der Waals surface area contributed by atoms with E-state index in [1.54, 1.807) is 11.9 Å². The average molecular weight is 430 g/mol. The van der Waals surface area contributed by atoms with Gasteiger partial charge in [0.2, 0.25) is 5.91 Å². The number of hydrogen-bond donors (Lipinski definition) is 0. The average Bonchev–Trinajstić information content (AvgIpc) is 2.73. The lowest BCUT2D eigenvalue weighted by Crippen LogP contribution is -2.47. The van der Waals surface area contributed by atoms with Crippen LogP contribution in [0.5, 0.6) is 0 Å². The second-order valence-corrected chi connectivity index (χ2v) is 10.5. The Morgan fingerprint density at radius 3 is 2.35 bits per heavy atom. The summed E-state index contributed by atoms with van der Waals surface area (Å²) in [5.74, 6) is 1.42. The molecule has 2 atom stereocenters. The van der Waals surface area contributed by atoms with Crippen LogP contribution in [0.25, 0.3) is 0 Å². The van der Waals surface area contributed by atoms with E-state index < -0.39 is 5.60 Å². The second kappa shape index (κ2) is 10.0. The van der Waals surface area contributed by atoms with E-state index in [-0.39, 0.29) is 18.1 Å². The predicted molar refractivity (Wildman–Crippen MR) is 122 cm³/mol. The summed E-state index contributed by atoms with van der Waals surface area (Å²) in [6.45, 7) is 9.38. The Morgan fingerprint density at radius 1 is 1.13 bits per heavy atom. The van der Waals surface area contributed by atoms with Gasteiger partial charge in [-0.1, -0.05) is 0 Å². The maximum absolute atomic E-state index is 13.2. The first kappa shape index (κ1) is 23.6. The Morgan fingerprint density at radius 2 is 1.77 bits per heavy atom. The quantitative estimate of drug-likeness (QED) is 0.686. The summed E-state index contributed by atoms with van der Waals surface area (Å²) in [6.07, 6.45) is 9.31. The normalized spacial score (nSPS) is 26.9. The molecule has 6 heteroatoms. The van der Waals surface area contributed by atoms with Gasteiger partial charge < -0.3 is 14.5 Å². The predicted octanol–water partition coefficient (Wildman–Crippen LogP) is 4.85. The molecule has 6 nitrogen and oxygen atoms in total. The summed E-state index contributed by atoms with van der Waals surface area (Å²) in [5, 5.41) is 0. The van der Waals surface area contributed by atoms with Crippen LogP contribution in [-0.2, 0) is 9.53 Å². The zero-order chi connectivity index (χ0) is 22.6. The highest BCUT2D eigenvalue weighted by atomic mass is 16.6. The Labute approximate surface area is 187 Å². The van der Waals surface area contributed by atoms with Crippen LogP contribution in [0, 0.1) is 11.8 Å². The summed E-state index contributed by atoms with van der Waals surface area (Å²) in [7, 11) is 1.81. The fraction of sp³-hybridized carbons (Fsp3) is 0.720. The monoisotopic (exact) mass is 429 g/mol. The van der Waals surface area contributed by atoms with Crippen molar-refractivity contribution in [1.82, 2.24) is 14.8 Å². The maximum Gasteiger partial charge on any atom is 0.410 e. The van der Waals surface area contributed by atoms with Crippen molar-refractivity contribution in [2.24, 2.45) is 11.8 Å². The van der Waals surface area contributed by atoms with E-state index in [0.29, 0.717) is 24.3 Å². The number of aromatic nitrogens is 1. The molecule has 1 aromatic rings. The van der Waals surface area contributed by atoms with E-state index >= 15 is 0 Å². The molecule has 172 valence electrons. The Hall–Kier alpha value is -2.11. The number of piperidine rings is 1. The third-order valence-corrected chi connectivity index (χ3v) is 6.77. The summed E-state index contributed by atoms with van der Waals surface area (Å²) in [4.78, 5) is 33.4. The first-order chi connectivity index (χ1) is 14.6. The van der Waals surface area contributed by atoms with Gasteiger partial charge in [-0.3, -0.25) is 9.78 Å². The van der Waals surface area contributed by atoms with Crippen molar-refractivity contribution >= 4 is 12.0 Å². The molecule has 0 N–H and O–H groups in total. The maximum atomic E-state index is 13.2. The lowest BCUT2D eigenvalue weighted by atomic mass is 9.80. The molecule has 2 amide bonds. The van der Waals surface area contributed by atoms with Crippen LogP contribution in [0.1, 0.15) is 77.7 Å². The van der Waals surface area contributed by atoms with Crippen LogP contribution in [0.15, 0.2) is 24.5 Å². The smallest absolute Gasteiger partial charge is 0.410 e. The number of hydrogen-bond acceptors (Lipinski definition) is 4. The Bertz CT molecular complexity index is 738. The van der Waals surface area contributed by atoms with Crippen LogP contribution < -0.4 is 0 Å². The standard InChI is InChI=1S/C25H39N3O3/c1-18-16-22(20-10-13-26-14-11-20)12-15-28(18)23(29)21-8-6-19(7-9-21)17-27(5)24(30)31-25(2,3)4/h10-11,13-14,18-19,21-22H,6-9,12,15-17H2,1-5H3. The molecular formula is C25H39N3O3. The molecule has 2 fully saturated rings. The molecule has 2 aliphatic rings. The van der Waals surface area contributed by atoms with Crippen molar-refractivity contribution in [3.8, 4) is 0 Å². The lowest BCUT2D eigenvalue weighted by Gasteiger charge is -2.41. The van der Waals surface area contributed by atoms with Crippen molar-refractivity contribution in [1.29, 1.82) is 0 Å². The third kappa shape index (κ3) is 6.44. The van der Waals surface area contributed by atoms with E-state index in [4.69, 9.17) is 4.74 Å². The summed E-state index contributed by atoms with van der Waals surface area (Å²) in [6, 6.07) is 4.48. The van der Waals surface area contributed by atoms with Crippen molar-refractivity contribution in [3.63, 3.8) is 0 Å². The zero-order valence-electron chi connectivity index (χ0n) is 19.8. The first-order valence-electron chi connectivity index (χ1n) is 11.8. The van der Waals surface area contributed by atoms with E-state index in [9.17, 15) is 9.59 Å². The van der Waals surface area contributed by atoms with Crippen molar-refractivity contribution in [2.45, 2.75) is 83.8 Å². The molecule has 31 heavy (non-hydrogen) atoms. The molecule has 2 heterocycles. The Balaban J connectivity index is 1.45. The third-order valence-electron chi connectivity index (χ3n) is 6.77. The van der Waals surface area contributed by atoms with E-state index in [2.05, 4.69) is 28.9 Å². The van der Waals surface area contributed by atoms with Crippen LogP contribution in [0.3, 0.4) is 0 Å². The van der Waals surface area contributed by atoms with Crippen LogP contribution in [0.4, 0.5) is 4.79 Å². The minimum atomic E-state index is -0.475. The molecule has 3 rings (SSSR count). The summed E-state index contributed by atoms with van der Waals surface area (Å²) in [5.41, 5.74) is 0.861. The van der Waals surface area contributed by atoms with Gasteiger partial charge in [0.1, 0.15) is 5.60 Å². The van der Waals surface area contributed by atoms with Crippen molar-refractivity contribution in [3.05, 3.63) is 30.1 Å². The van der Waals surface area contributed by atoms with Gasteiger partial charge in [-0.15, -0.1) is 0 Å². The minimum absolute atomic E-state index is 0.128. The number of likely N-dealkylation sites (tertiary alicyclic amines) is 1. The first-order valence-corrected chi connectivity index (χ1v) is 11.8. The number of rotatable bonds is 4. The number of nitrogens with zero attached hydrogens (tertiary/aromatic N) is 3. The van der Waals surface area contributed by atoms with Gasteiger partial charge in [-0.2, -0.15) is 0 Å². The number of carbonyl (C=O) groups is 2. The fourth-order valence-corrected chi connectivity index (χ4v) is 5.07. The molecule has 1 aliphatic heterocycles. The van der Waals surface area contributed by atoms with Gasteiger partial charge in [0.15, 0.2) is 0 Å². The molecule has 0 aromatic carbocycles. The van der Waals surface area contributed by atoms with E-state index in [0.717, 1.165) is 45.1 Å². The number of pyridine rings is 1. The highest BCUT2D eigenvalue weighted by molar-refractivity contribution is 5.79. The molecule has 1 saturated heterocycles. The molecular weight excluding hydrogens is 390 g/mol. The van der Waals surface area contributed by atoms with Gasteiger partial charge in [-0.05, 0) is 95.8 Å². The van der Waals surface area contributed by atoms with Crippen LogP contribution >= 0.6 is 0 Å². The molecule has 1 aliphatic carbocycles. The van der Waals surface area contributed by atoms with Crippen molar-refractivity contribution in [2.75, 3.05) is 20.1 Å². The van der Waals surface area contributed by atoms with Gasteiger partial charge in [0.05, 0.1) is 0 Å². The Kier molecular flexibility index (Phi) is 7.60. The van der Waals surface area contributed by atoms with E-state index in [1.807, 2.05) is 33.2 Å².